The average molecular weight is 381 g/mol. The van der Waals surface area contributed by atoms with Crippen molar-refractivity contribution in [2.45, 2.75) is 0 Å². The Morgan fingerprint density at radius 3 is 2.57 bits per heavy atom. The van der Waals surface area contributed by atoms with Gasteiger partial charge in [0, 0.05) is 29.7 Å². The average Bonchev–Trinajstić information content (AvgIpc) is 3.04. The van der Waals surface area contributed by atoms with Crippen molar-refractivity contribution >= 4 is 29.0 Å². The number of ether oxygens (including phenoxy) is 2. The van der Waals surface area contributed by atoms with E-state index in [1.165, 1.54) is 26.5 Å². The van der Waals surface area contributed by atoms with Gasteiger partial charge in [-0.3, -0.25) is 4.79 Å². The van der Waals surface area contributed by atoms with Gasteiger partial charge in [0.15, 0.2) is 11.5 Å². The van der Waals surface area contributed by atoms with Crippen LogP contribution in [0.3, 0.4) is 0 Å². The SMILES string of the molecule is COc1ccc(/C=N\NC(=O)c2cn(C)c3ccccc23)c(C(=O)O)c1OC. The van der Waals surface area contributed by atoms with Crippen LogP contribution in [-0.4, -0.2) is 42.0 Å². The van der Waals surface area contributed by atoms with Crippen molar-refractivity contribution in [1.82, 2.24) is 9.99 Å². The highest BCUT2D eigenvalue weighted by molar-refractivity contribution is 6.07. The number of aromatic carboxylic acids is 1. The number of aryl methyl sites for hydroxylation is 1. The van der Waals surface area contributed by atoms with Crippen molar-refractivity contribution in [3.05, 3.63) is 59.3 Å². The third-order valence-corrected chi connectivity index (χ3v) is 4.30. The Hall–Kier alpha value is -3.81. The Labute approximate surface area is 161 Å². The maximum absolute atomic E-state index is 12.5. The quantitative estimate of drug-likeness (QED) is 0.505. The third kappa shape index (κ3) is 3.39. The van der Waals surface area contributed by atoms with Gasteiger partial charge < -0.3 is 19.1 Å². The van der Waals surface area contributed by atoms with Crippen LogP contribution in [0, 0.1) is 0 Å². The molecule has 0 radical (unpaired) electrons. The number of carboxylic acids is 1. The number of carbonyl (C=O) groups excluding carboxylic acids is 1. The Morgan fingerprint density at radius 2 is 1.89 bits per heavy atom. The minimum Gasteiger partial charge on any atom is -0.493 e. The second kappa shape index (κ2) is 7.83. The standard InChI is InChI=1S/C20H19N3O5/c1-23-11-14(13-6-4-5-7-15(13)23)19(24)22-21-10-12-8-9-16(27-2)18(28-3)17(12)20(25)26/h4-11H,1-3H3,(H,22,24)(H,25,26)/b21-10-. The number of aromatic nitrogens is 1. The molecule has 3 aromatic rings. The molecule has 8 nitrogen and oxygen atoms in total. The molecule has 0 fully saturated rings. The lowest BCUT2D eigenvalue weighted by Crippen LogP contribution is -2.17. The van der Waals surface area contributed by atoms with E-state index in [1.807, 2.05) is 35.9 Å². The van der Waals surface area contributed by atoms with Gasteiger partial charge in [0.05, 0.1) is 26.0 Å². The normalized spacial score (nSPS) is 11.0. The van der Waals surface area contributed by atoms with Gasteiger partial charge in [0.1, 0.15) is 5.56 Å². The van der Waals surface area contributed by atoms with Crippen LogP contribution >= 0.6 is 0 Å². The van der Waals surface area contributed by atoms with Crippen LogP contribution in [0.5, 0.6) is 11.5 Å². The molecule has 0 aliphatic heterocycles. The number of rotatable bonds is 6. The molecule has 2 aromatic carbocycles. The summed E-state index contributed by atoms with van der Waals surface area (Å²) in [6, 6.07) is 10.6. The summed E-state index contributed by atoms with van der Waals surface area (Å²) >= 11 is 0. The number of hydrogen-bond acceptors (Lipinski definition) is 5. The molecule has 1 amide bonds. The van der Waals surface area contributed by atoms with Gasteiger partial charge >= 0.3 is 5.97 Å². The lowest BCUT2D eigenvalue weighted by atomic mass is 10.1. The maximum atomic E-state index is 12.5. The molecule has 0 aliphatic rings. The molecular weight excluding hydrogens is 362 g/mol. The topological polar surface area (TPSA) is 102 Å². The zero-order chi connectivity index (χ0) is 20.3. The smallest absolute Gasteiger partial charge is 0.340 e. The molecule has 0 saturated carbocycles. The minimum atomic E-state index is -1.20. The second-order valence-corrected chi connectivity index (χ2v) is 5.94. The van der Waals surface area contributed by atoms with E-state index in [2.05, 4.69) is 10.5 Å². The molecular formula is C20H19N3O5. The van der Waals surface area contributed by atoms with Crippen molar-refractivity contribution in [3.8, 4) is 11.5 Å². The first-order valence-corrected chi connectivity index (χ1v) is 8.33. The highest BCUT2D eigenvalue weighted by Gasteiger charge is 2.20. The van der Waals surface area contributed by atoms with Crippen LogP contribution in [0.25, 0.3) is 10.9 Å². The molecule has 0 atom stereocenters. The molecule has 0 spiro atoms. The summed E-state index contributed by atoms with van der Waals surface area (Å²) in [6.07, 6.45) is 2.98. The fourth-order valence-corrected chi connectivity index (χ4v) is 3.01. The molecule has 0 unspecified atom stereocenters. The number of amides is 1. The summed E-state index contributed by atoms with van der Waals surface area (Å²) in [5.74, 6) is -1.22. The summed E-state index contributed by atoms with van der Waals surface area (Å²) in [5.41, 5.74) is 3.99. The number of carboxylic acid groups (broad SMARTS) is 1. The number of para-hydroxylation sites is 1. The molecule has 0 bridgehead atoms. The van der Waals surface area contributed by atoms with Crippen molar-refractivity contribution in [1.29, 1.82) is 0 Å². The Morgan fingerprint density at radius 1 is 1.14 bits per heavy atom. The minimum absolute atomic E-state index is 0.0827. The molecule has 0 saturated heterocycles. The number of nitrogens with zero attached hydrogens (tertiary/aromatic N) is 2. The molecule has 28 heavy (non-hydrogen) atoms. The van der Waals surface area contributed by atoms with E-state index >= 15 is 0 Å². The van der Waals surface area contributed by atoms with Gasteiger partial charge in [0.2, 0.25) is 0 Å². The van der Waals surface area contributed by atoms with E-state index < -0.39 is 11.9 Å². The Balaban J connectivity index is 1.88. The van der Waals surface area contributed by atoms with Gasteiger partial charge in [-0.1, -0.05) is 18.2 Å². The van der Waals surface area contributed by atoms with Crippen LogP contribution in [0.4, 0.5) is 0 Å². The van der Waals surface area contributed by atoms with Crippen molar-refractivity contribution in [3.63, 3.8) is 0 Å². The number of hydrazone groups is 1. The monoisotopic (exact) mass is 381 g/mol. The van der Waals surface area contributed by atoms with E-state index in [-0.39, 0.29) is 22.6 Å². The van der Waals surface area contributed by atoms with E-state index in [1.54, 1.807) is 12.3 Å². The van der Waals surface area contributed by atoms with E-state index in [4.69, 9.17) is 9.47 Å². The fraction of sp³-hybridized carbons (Fsp3) is 0.150. The highest BCUT2D eigenvalue weighted by Crippen LogP contribution is 2.32. The number of benzene rings is 2. The summed E-state index contributed by atoms with van der Waals surface area (Å²) in [5, 5.41) is 14.2. The zero-order valence-electron chi connectivity index (χ0n) is 15.6. The lowest BCUT2D eigenvalue weighted by Gasteiger charge is -2.12. The van der Waals surface area contributed by atoms with Crippen LogP contribution in [0.1, 0.15) is 26.3 Å². The predicted molar refractivity (Wildman–Crippen MR) is 104 cm³/mol. The number of nitrogens with one attached hydrogen (secondary N) is 1. The van der Waals surface area contributed by atoms with E-state index in [0.29, 0.717) is 5.56 Å². The first-order chi connectivity index (χ1) is 13.5. The van der Waals surface area contributed by atoms with Crippen LogP contribution in [-0.2, 0) is 7.05 Å². The molecule has 144 valence electrons. The van der Waals surface area contributed by atoms with Gasteiger partial charge in [-0.2, -0.15) is 5.10 Å². The first-order valence-electron chi connectivity index (χ1n) is 8.33. The van der Waals surface area contributed by atoms with Gasteiger partial charge in [0.25, 0.3) is 5.91 Å². The third-order valence-electron chi connectivity index (χ3n) is 4.30. The fourth-order valence-electron chi connectivity index (χ4n) is 3.01. The number of hydrogen-bond donors (Lipinski definition) is 2. The molecule has 3 rings (SSSR count). The number of fused-ring (bicyclic) bond motifs is 1. The summed E-state index contributed by atoms with van der Waals surface area (Å²) < 4.78 is 12.1. The maximum Gasteiger partial charge on any atom is 0.340 e. The van der Waals surface area contributed by atoms with Crippen LogP contribution in [0.2, 0.25) is 0 Å². The van der Waals surface area contributed by atoms with Crippen molar-refractivity contribution in [2.24, 2.45) is 12.1 Å². The van der Waals surface area contributed by atoms with Crippen LogP contribution < -0.4 is 14.9 Å². The Bertz CT molecular complexity index is 1080. The second-order valence-electron chi connectivity index (χ2n) is 5.94. The zero-order valence-corrected chi connectivity index (χ0v) is 15.6. The summed E-state index contributed by atoms with van der Waals surface area (Å²) in [4.78, 5) is 24.2. The van der Waals surface area contributed by atoms with Gasteiger partial charge in [-0.25, -0.2) is 10.2 Å². The largest absolute Gasteiger partial charge is 0.493 e. The van der Waals surface area contributed by atoms with Crippen molar-refractivity contribution in [2.75, 3.05) is 14.2 Å². The van der Waals surface area contributed by atoms with Gasteiger partial charge in [-0.15, -0.1) is 0 Å². The van der Waals surface area contributed by atoms with Gasteiger partial charge in [-0.05, 0) is 18.2 Å². The highest BCUT2D eigenvalue weighted by atomic mass is 16.5. The lowest BCUT2D eigenvalue weighted by molar-refractivity contribution is 0.0692. The molecule has 1 heterocycles. The molecule has 2 N–H and O–H groups in total. The molecule has 8 heteroatoms. The Kier molecular flexibility index (Phi) is 5.30. The summed E-state index contributed by atoms with van der Waals surface area (Å²) in [6.45, 7) is 0. The summed E-state index contributed by atoms with van der Waals surface area (Å²) in [7, 11) is 4.63. The van der Waals surface area contributed by atoms with Crippen molar-refractivity contribution < 1.29 is 24.2 Å². The van der Waals surface area contributed by atoms with Crippen LogP contribution in [0.15, 0.2) is 47.7 Å². The molecule has 0 aliphatic carbocycles. The number of methoxy groups -OCH3 is 2. The number of carbonyl (C=O) groups is 2. The first kappa shape index (κ1) is 19.0. The predicted octanol–water partition coefficient (Wildman–Crippen LogP) is 2.66. The molecule has 1 aromatic heterocycles. The van der Waals surface area contributed by atoms with E-state index in [0.717, 1.165) is 10.9 Å². The van der Waals surface area contributed by atoms with E-state index in [9.17, 15) is 14.7 Å².